The fourth-order valence-electron chi connectivity index (χ4n) is 1.36. The van der Waals surface area contributed by atoms with Crippen molar-refractivity contribution in [2.45, 2.75) is 25.8 Å². The van der Waals surface area contributed by atoms with Crippen molar-refractivity contribution in [1.29, 1.82) is 0 Å². The molecule has 0 amide bonds. The fraction of sp³-hybridized carbons (Fsp3) is 0.400. The van der Waals surface area contributed by atoms with Crippen molar-refractivity contribution in [3.05, 3.63) is 29.3 Å². The minimum absolute atomic E-state index is 0.133. The predicted molar refractivity (Wildman–Crippen MR) is 49.9 cm³/mol. The van der Waals surface area contributed by atoms with Gasteiger partial charge in [-0.3, -0.25) is 0 Å². The Morgan fingerprint density at radius 2 is 1.93 bits per heavy atom. The highest BCUT2D eigenvalue weighted by Crippen LogP contribution is 2.30. The minimum atomic E-state index is -0.840. The number of halogens is 2. The van der Waals surface area contributed by atoms with Gasteiger partial charge in [-0.15, -0.1) is 0 Å². The van der Waals surface area contributed by atoms with Crippen LogP contribution >= 0.6 is 0 Å². The van der Waals surface area contributed by atoms with Gasteiger partial charge in [0.25, 0.3) is 0 Å². The van der Waals surface area contributed by atoms with E-state index in [1.165, 1.54) is 0 Å². The van der Waals surface area contributed by atoms with E-state index in [0.717, 1.165) is 18.6 Å². The summed E-state index contributed by atoms with van der Waals surface area (Å²) in [5.41, 5.74) is 5.48. The first-order valence-electron chi connectivity index (χ1n) is 4.50. The van der Waals surface area contributed by atoms with Gasteiger partial charge in [-0.1, -0.05) is 13.3 Å². The minimum Gasteiger partial charge on any atom is -0.505 e. The molecule has 1 rings (SSSR count). The lowest BCUT2D eigenvalue weighted by Crippen LogP contribution is -2.12. The topological polar surface area (TPSA) is 46.2 Å². The Kier molecular flexibility index (Phi) is 3.41. The van der Waals surface area contributed by atoms with Crippen molar-refractivity contribution < 1.29 is 13.9 Å². The van der Waals surface area contributed by atoms with Crippen molar-refractivity contribution in [3.8, 4) is 5.75 Å². The molecule has 1 atom stereocenters. The molecular formula is C10H13F2NO. The van der Waals surface area contributed by atoms with Gasteiger partial charge in [0, 0.05) is 11.6 Å². The Labute approximate surface area is 81.4 Å². The summed E-state index contributed by atoms with van der Waals surface area (Å²) in [4.78, 5) is 0. The van der Waals surface area contributed by atoms with Crippen molar-refractivity contribution >= 4 is 0 Å². The number of hydrogen-bond donors (Lipinski definition) is 2. The molecule has 14 heavy (non-hydrogen) atoms. The average Bonchev–Trinajstić information content (AvgIpc) is 2.13. The molecule has 0 aliphatic heterocycles. The molecule has 0 fully saturated rings. The van der Waals surface area contributed by atoms with Crippen LogP contribution in [0, 0.1) is 11.6 Å². The molecule has 0 aliphatic rings. The van der Waals surface area contributed by atoms with E-state index in [9.17, 15) is 13.9 Å². The number of nitrogens with two attached hydrogens (primary N) is 1. The Bertz CT molecular complexity index is 328. The zero-order valence-electron chi connectivity index (χ0n) is 7.93. The van der Waals surface area contributed by atoms with Crippen LogP contribution < -0.4 is 5.73 Å². The molecule has 0 aromatic heterocycles. The first-order valence-corrected chi connectivity index (χ1v) is 4.50. The Balaban J connectivity index is 3.11. The maximum absolute atomic E-state index is 13.2. The number of aromatic hydroxyl groups is 1. The van der Waals surface area contributed by atoms with Gasteiger partial charge in [-0.25, -0.2) is 8.78 Å². The van der Waals surface area contributed by atoms with Crippen LogP contribution in [-0.2, 0) is 0 Å². The Morgan fingerprint density at radius 3 is 2.50 bits per heavy atom. The van der Waals surface area contributed by atoms with Gasteiger partial charge in [0.1, 0.15) is 5.82 Å². The maximum Gasteiger partial charge on any atom is 0.165 e. The second-order valence-corrected chi connectivity index (χ2v) is 3.19. The average molecular weight is 201 g/mol. The molecular weight excluding hydrogens is 188 g/mol. The summed E-state index contributed by atoms with van der Waals surface area (Å²) in [7, 11) is 0. The van der Waals surface area contributed by atoms with Gasteiger partial charge in [0.05, 0.1) is 0 Å². The Hall–Kier alpha value is -1.16. The normalized spacial score (nSPS) is 12.9. The highest BCUT2D eigenvalue weighted by atomic mass is 19.1. The second kappa shape index (κ2) is 4.37. The standard InChI is InChI=1S/C10H13F2NO/c1-2-3-8(13)9-6(11)4-5-7(12)10(9)14/h4-5,8,14H,2-3,13H2,1H3/t8-/m0/s1. The van der Waals surface area contributed by atoms with Crippen LogP contribution in [0.3, 0.4) is 0 Å². The lowest BCUT2D eigenvalue weighted by molar-refractivity contribution is 0.407. The van der Waals surface area contributed by atoms with E-state index in [1.54, 1.807) is 0 Å². The summed E-state index contributed by atoms with van der Waals surface area (Å²) in [6.07, 6.45) is 1.25. The van der Waals surface area contributed by atoms with E-state index in [2.05, 4.69) is 0 Å². The van der Waals surface area contributed by atoms with Crippen LogP contribution in [0.2, 0.25) is 0 Å². The molecule has 0 bridgehead atoms. The number of benzene rings is 1. The molecule has 3 N–H and O–H groups in total. The molecule has 0 radical (unpaired) electrons. The summed E-state index contributed by atoms with van der Waals surface area (Å²) in [6.45, 7) is 1.88. The predicted octanol–water partition coefficient (Wildman–Crippen LogP) is 2.47. The van der Waals surface area contributed by atoms with Crippen molar-refractivity contribution in [2.75, 3.05) is 0 Å². The van der Waals surface area contributed by atoms with Crippen LogP contribution in [0.15, 0.2) is 12.1 Å². The van der Waals surface area contributed by atoms with Gasteiger partial charge in [-0.05, 0) is 18.6 Å². The number of phenolic OH excluding ortho intramolecular Hbond substituents is 1. The highest BCUT2D eigenvalue weighted by Gasteiger charge is 2.18. The van der Waals surface area contributed by atoms with Crippen molar-refractivity contribution in [1.82, 2.24) is 0 Å². The first-order chi connectivity index (χ1) is 6.57. The number of rotatable bonds is 3. The van der Waals surface area contributed by atoms with E-state index >= 15 is 0 Å². The first kappa shape index (κ1) is 10.9. The smallest absolute Gasteiger partial charge is 0.165 e. The zero-order chi connectivity index (χ0) is 10.7. The molecule has 0 unspecified atom stereocenters. The van der Waals surface area contributed by atoms with E-state index in [0.29, 0.717) is 6.42 Å². The molecule has 0 saturated heterocycles. The third-order valence-corrected chi connectivity index (χ3v) is 2.09. The van der Waals surface area contributed by atoms with E-state index in [-0.39, 0.29) is 5.56 Å². The lowest BCUT2D eigenvalue weighted by atomic mass is 10.0. The number of phenols is 1. The van der Waals surface area contributed by atoms with Gasteiger partial charge in [0.2, 0.25) is 0 Å². The van der Waals surface area contributed by atoms with Gasteiger partial charge >= 0.3 is 0 Å². The van der Waals surface area contributed by atoms with Crippen LogP contribution in [0.5, 0.6) is 5.75 Å². The van der Waals surface area contributed by atoms with Crippen LogP contribution in [-0.4, -0.2) is 5.11 Å². The SMILES string of the molecule is CCC[C@H](N)c1c(F)ccc(F)c1O. The molecule has 78 valence electrons. The third kappa shape index (κ3) is 2.01. The van der Waals surface area contributed by atoms with E-state index in [1.807, 2.05) is 6.92 Å². The summed E-state index contributed by atoms with van der Waals surface area (Å²) >= 11 is 0. The number of hydrogen-bond acceptors (Lipinski definition) is 2. The quantitative estimate of drug-likeness (QED) is 0.789. The molecule has 0 saturated carbocycles. The van der Waals surface area contributed by atoms with E-state index in [4.69, 9.17) is 5.73 Å². The van der Waals surface area contributed by atoms with Crippen molar-refractivity contribution in [3.63, 3.8) is 0 Å². The molecule has 0 heterocycles. The highest BCUT2D eigenvalue weighted by molar-refractivity contribution is 5.37. The third-order valence-electron chi connectivity index (χ3n) is 2.09. The molecule has 2 nitrogen and oxygen atoms in total. The molecule has 1 aromatic carbocycles. The lowest BCUT2D eigenvalue weighted by Gasteiger charge is -2.13. The molecule has 0 spiro atoms. The summed E-state index contributed by atoms with van der Waals surface area (Å²) in [5.74, 6) is -2.18. The Morgan fingerprint density at radius 1 is 1.36 bits per heavy atom. The van der Waals surface area contributed by atoms with Crippen LogP contribution in [0.1, 0.15) is 31.4 Å². The fourth-order valence-corrected chi connectivity index (χ4v) is 1.36. The van der Waals surface area contributed by atoms with Gasteiger partial charge in [-0.2, -0.15) is 0 Å². The van der Waals surface area contributed by atoms with Crippen molar-refractivity contribution in [2.24, 2.45) is 5.73 Å². The van der Waals surface area contributed by atoms with Gasteiger partial charge in [0.15, 0.2) is 11.6 Å². The van der Waals surface area contributed by atoms with Gasteiger partial charge < -0.3 is 10.8 Å². The van der Waals surface area contributed by atoms with Crippen LogP contribution in [0.25, 0.3) is 0 Å². The molecule has 4 heteroatoms. The second-order valence-electron chi connectivity index (χ2n) is 3.19. The summed E-state index contributed by atoms with van der Waals surface area (Å²) < 4.78 is 26.1. The molecule has 1 aromatic rings. The summed E-state index contributed by atoms with van der Waals surface area (Å²) in [6, 6.07) is 1.20. The maximum atomic E-state index is 13.2. The largest absolute Gasteiger partial charge is 0.505 e. The monoisotopic (exact) mass is 201 g/mol. The summed E-state index contributed by atoms with van der Waals surface area (Å²) in [5, 5.41) is 9.28. The van der Waals surface area contributed by atoms with E-state index < -0.39 is 23.4 Å². The zero-order valence-corrected chi connectivity index (χ0v) is 7.93. The molecule has 0 aliphatic carbocycles. The van der Waals surface area contributed by atoms with Crippen LogP contribution in [0.4, 0.5) is 8.78 Å².